The van der Waals surface area contributed by atoms with Crippen LogP contribution in [0.5, 0.6) is 0 Å². The average Bonchev–Trinajstić information content (AvgIpc) is 2.57. The minimum Gasteiger partial charge on any atom is -0.315 e. The number of anilines is 1. The number of amides is 1. The number of benzene rings is 2. The van der Waals surface area contributed by atoms with E-state index in [2.05, 4.69) is 5.32 Å². The van der Waals surface area contributed by atoms with Crippen molar-refractivity contribution in [2.24, 2.45) is 0 Å². The summed E-state index contributed by atoms with van der Waals surface area (Å²) in [5, 5.41) is 2.27. The molecule has 0 aromatic heterocycles. The van der Waals surface area contributed by atoms with E-state index in [9.17, 15) is 9.00 Å². The molecule has 0 aliphatic carbocycles. The van der Waals surface area contributed by atoms with Crippen LogP contribution in [0.3, 0.4) is 0 Å². The van der Waals surface area contributed by atoms with Gasteiger partial charge >= 0.3 is 5.24 Å². The van der Waals surface area contributed by atoms with Gasteiger partial charge in [0.1, 0.15) is 17.6 Å². The third-order valence-corrected chi connectivity index (χ3v) is 4.10. The van der Waals surface area contributed by atoms with E-state index in [1.165, 1.54) is 0 Å². The van der Waals surface area contributed by atoms with Crippen molar-refractivity contribution in [3.63, 3.8) is 0 Å². The zero-order chi connectivity index (χ0) is 16.4. The first-order valence-electron chi connectivity index (χ1n) is 6.74. The predicted molar refractivity (Wildman–Crippen MR) is 90.5 cm³/mol. The smallest absolute Gasteiger partial charge is 0.313 e. The molecule has 0 bridgehead atoms. The van der Waals surface area contributed by atoms with Crippen molar-refractivity contribution in [2.75, 3.05) is 11.1 Å². The number of aryl methyl sites for hydroxylation is 2. The van der Waals surface area contributed by atoms with Crippen LogP contribution in [-0.2, 0) is 22.0 Å². The van der Waals surface area contributed by atoms with Gasteiger partial charge in [-0.25, -0.2) is 4.21 Å². The van der Waals surface area contributed by atoms with E-state index < -0.39 is 16.0 Å². The van der Waals surface area contributed by atoms with Crippen LogP contribution in [0.1, 0.15) is 11.1 Å². The molecule has 0 saturated carbocycles. The zero-order valence-corrected chi connectivity index (χ0v) is 13.3. The monoisotopic (exact) mass is 317 g/mol. The molecule has 0 heterocycles. The Morgan fingerprint density at radius 1 is 1.05 bits per heavy atom. The van der Waals surface area contributed by atoms with Crippen molar-refractivity contribution in [2.45, 2.75) is 13.3 Å². The summed E-state index contributed by atoms with van der Waals surface area (Å²) in [7, 11) is -1.52. The Hall–Kier alpha value is -2.27. The number of para-hydroxylation sites is 1. The van der Waals surface area contributed by atoms with Crippen LogP contribution in [0.2, 0.25) is 0 Å². The average molecular weight is 317 g/mol. The van der Waals surface area contributed by atoms with Crippen molar-refractivity contribution in [3.05, 3.63) is 65.7 Å². The lowest BCUT2D eigenvalue weighted by Gasteiger charge is -2.07. The third kappa shape index (κ3) is 5.61. The minimum atomic E-state index is -1.52. The lowest BCUT2D eigenvalue weighted by Crippen LogP contribution is -2.19. The fourth-order valence-electron chi connectivity index (χ4n) is 1.83. The number of hydrogen-bond acceptors (Lipinski definition) is 3. The standard InChI is InChI=1S/C16H17NO2S.CH2O/c1-13-7-5-6-10-15(13)17-16(18)20(19)12-11-14-8-3-2-4-9-14;1-2/h2-10H,11-12H2,1H3,(H,17,18);1H2. The number of hydrogen-bond donors (Lipinski definition) is 1. The summed E-state index contributed by atoms with van der Waals surface area (Å²) in [6.07, 6.45) is 0.634. The molecule has 0 saturated heterocycles. The highest BCUT2D eigenvalue weighted by Crippen LogP contribution is 2.14. The van der Waals surface area contributed by atoms with Crippen molar-refractivity contribution in [1.82, 2.24) is 0 Å². The van der Waals surface area contributed by atoms with Crippen LogP contribution < -0.4 is 5.32 Å². The molecule has 1 amide bonds. The molecule has 0 radical (unpaired) electrons. The highest BCUT2D eigenvalue weighted by Gasteiger charge is 2.12. The van der Waals surface area contributed by atoms with Gasteiger partial charge in [0.25, 0.3) is 0 Å². The lowest BCUT2D eigenvalue weighted by atomic mass is 10.2. The second-order valence-electron chi connectivity index (χ2n) is 4.51. The summed E-state index contributed by atoms with van der Waals surface area (Å²) < 4.78 is 11.9. The molecule has 2 aromatic carbocycles. The summed E-state index contributed by atoms with van der Waals surface area (Å²) in [5.41, 5.74) is 2.76. The predicted octanol–water partition coefficient (Wildman–Crippen LogP) is 3.33. The number of carbonyl (C=O) groups is 2. The van der Waals surface area contributed by atoms with Crippen LogP contribution in [0.4, 0.5) is 10.5 Å². The summed E-state index contributed by atoms with van der Waals surface area (Å²) in [6, 6.07) is 17.2. The molecule has 0 aliphatic heterocycles. The van der Waals surface area contributed by atoms with E-state index >= 15 is 0 Å². The van der Waals surface area contributed by atoms with E-state index in [1.807, 2.05) is 68.3 Å². The van der Waals surface area contributed by atoms with Gasteiger partial charge in [0, 0.05) is 11.4 Å². The van der Waals surface area contributed by atoms with Crippen LogP contribution in [0, 0.1) is 6.92 Å². The molecule has 1 N–H and O–H groups in total. The molecule has 2 aromatic rings. The van der Waals surface area contributed by atoms with Gasteiger partial charge in [0.2, 0.25) is 0 Å². The lowest BCUT2D eigenvalue weighted by molar-refractivity contribution is -0.0979. The maximum Gasteiger partial charge on any atom is 0.313 e. The van der Waals surface area contributed by atoms with Gasteiger partial charge in [0.05, 0.1) is 0 Å². The summed E-state index contributed by atoms with van der Waals surface area (Å²) in [6.45, 7) is 3.91. The summed E-state index contributed by atoms with van der Waals surface area (Å²) in [5.74, 6) is 0.335. The van der Waals surface area contributed by atoms with Gasteiger partial charge in [-0.05, 0) is 30.5 Å². The van der Waals surface area contributed by atoms with Gasteiger partial charge in [-0.2, -0.15) is 0 Å². The first-order valence-corrected chi connectivity index (χ1v) is 8.06. The van der Waals surface area contributed by atoms with Crippen molar-refractivity contribution in [1.29, 1.82) is 0 Å². The number of nitrogens with one attached hydrogen (secondary N) is 1. The van der Waals surface area contributed by atoms with Gasteiger partial charge in [-0.3, -0.25) is 4.79 Å². The molecule has 0 fully saturated rings. The molecule has 5 heteroatoms. The van der Waals surface area contributed by atoms with Gasteiger partial charge < -0.3 is 10.1 Å². The fraction of sp³-hybridized carbons (Fsp3) is 0.176. The Bertz CT molecular complexity index is 629. The topological polar surface area (TPSA) is 63.2 Å². The molecule has 116 valence electrons. The Labute approximate surface area is 133 Å². The second kappa shape index (κ2) is 9.63. The maximum atomic E-state index is 11.9. The van der Waals surface area contributed by atoms with Gasteiger partial charge in [-0.1, -0.05) is 48.5 Å². The minimum absolute atomic E-state index is 0.335. The quantitative estimate of drug-likeness (QED) is 0.940. The van der Waals surface area contributed by atoms with E-state index in [0.717, 1.165) is 11.1 Å². The first-order chi connectivity index (χ1) is 10.7. The highest BCUT2D eigenvalue weighted by molar-refractivity contribution is 8.00. The largest absolute Gasteiger partial charge is 0.315 e. The van der Waals surface area contributed by atoms with Crippen molar-refractivity contribution < 1.29 is 13.8 Å². The van der Waals surface area contributed by atoms with Crippen LogP contribution in [-0.4, -0.2) is 22.0 Å². The van der Waals surface area contributed by atoms with Gasteiger partial charge in [0.15, 0.2) is 0 Å². The van der Waals surface area contributed by atoms with E-state index in [4.69, 9.17) is 4.79 Å². The molecule has 0 aliphatic rings. The summed E-state index contributed by atoms with van der Waals surface area (Å²) in [4.78, 5) is 19.9. The Kier molecular flexibility index (Phi) is 7.78. The Morgan fingerprint density at radius 3 is 2.27 bits per heavy atom. The molecular weight excluding hydrogens is 298 g/mol. The van der Waals surface area contributed by atoms with E-state index in [1.54, 1.807) is 0 Å². The summed E-state index contributed by atoms with van der Waals surface area (Å²) >= 11 is 0. The molecular formula is C17H19NO3S. The van der Waals surface area contributed by atoms with E-state index in [0.29, 0.717) is 17.9 Å². The van der Waals surface area contributed by atoms with Crippen LogP contribution in [0.15, 0.2) is 54.6 Å². The molecule has 1 atom stereocenters. The van der Waals surface area contributed by atoms with Gasteiger partial charge in [-0.15, -0.1) is 0 Å². The molecule has 4 nitrogen and oxygen atoms in total. The fourth-order valence-corrected chi connectivity index (χ4v) is 2.66. The van der Waals surface area contributed by atoms with Crippen molar-refractivity contribution in [3.8, 4) is 0 Å². The van der Waals surface area contributed by atoms with E-state index in [-0.39, 0.29) is 0 Å². The normalized spacial score (nSPS) is 11.0. The molecule has 0 spiro atoms. The van der Waals surface area contributed by atoms with Crippen molar-refractivity contribution >= 4 is 28.5 Å². The Balaban J connectivity index is 0.00000116. The highest BCUT2D eigenvalue weighted by atomic mass is 32.2. The third-order valence-electron chi connectivity index (χ3n) is 3.01. The Morgan fingerprint density at radius 2 is 1.64 bits per heavy atom. The SMILES string of the molecule is C=O.Cc1ccccc1NC(=O)S(=O)CCc1ccccc1. The number of carbonyl (C=O) groups excluding carboxylic acids is 2. The molecule has 1 unspecified atom stereocenters. The van der Waals surface area contributed by atoms with Crippen LogP contribution in [0.25, 0.3) is 0 Å². The number of rotatable bonds is 4. The zero-order valence-electron chi connectivity index (χ0n) is 12.5. The second-order valence-corrected chi connectivity index (χ2v) is 5.98. The maximum absolute atomic E-state index is 11.9. The molecule has 2 rings (SSSR count). The van der Waals surface area contributed by atoms with Crippen LogP contribution >= 0.6 is 0 Å². The molecule has 22 heavy (non-hydrogen) atoms. The first kappa shape index (κ1) is 17.8.